The van der Waals surface area contributed by atoms with Gasteiger partial charge in [0.25, 0.3) is 5.91 Å². The number of ether oxygens (including phenoxy) is 1. The molecule has 0 aromatic heterocycles. The first-order valence-corrected chi connectivity index (χ1v) is 9.56. The van der Waals surface area contributed by atoms with Gasteiger partial charge in [0.2, 0.25) is 5.91 Å². The highest BCUT2D eigenvalue weighted by Gasteiger charge is 2.04. The molecule has 7 heteroatoms. The molecular weight excluding hydrogens is 402 g/mol. The normalized spacial score (nSPS) is 10.6. The maximum absolute atomic E-state index is 12.2. The Kier molecular flexibility index (Phi) is 7.19. The number of carbonyl (C=O) groups is 2. The van der Waals surface area contributed by atoms with Crippen molar-refractivity contribution in [2.24, 2.45) is 5.10 Å². The average Bonchev–Trinajstić information content (AvgIpc) is 2.74. The topological polar surface area (TPSA) is 79.8 Å². The predicted octanol–water partition coefficient (Wildman–Crippen LogP) is 4.64. The van der Waals surface area contributed by atoms with Crippen molar-refractivity contribution in [3.63, 3.8) is 0 Å². The maximum atomic E-state index is 12.2. The van der Waals surface area contributed by atoms with Gasteiger partial charge in [-0.2, -0.15) is 5.10 Å². The van der Waals surface area contributed by atoms with Crippen LogP contribution in [0.5, 0.6) is 5.75 Å². The van der Waals surface area contributed by atoms with Gasteiger partial charge in [-0.05, 0) is 59.7 Å². The minimum absolute atomic E-state index is 0.133. The maximum Gasteiger partial charge on any atom is 0.271 e. The number of anilines is 1. The van der Waals surface area contributed by atoms with Gasteiger partial charge in [0, 0.05) is 23.2 Å². The number of rotatable bonds is 7. The first-order valence-electron chi connectivity index (χ1n) is 9.18. The van der Waals surface area contributed by atoms with Gasteiger partial charge in [0.05, 0.1) is 6.21 Å². The van der Waals surface area contributed by atoms with Crippen molar-refractivity contribution in [2.75, 3.05) is 5.32 Å². The van der Waals surface area contributed by atoms with E-state index in [1.165, 1.54) is 13.1 Å². The van der Waals surface area contributed by atoms with Crippen LogP contribution < -0.4 is 15.5 Å². The van der Waals surface area contributed by atoms with Crippen molar-refractivity contribution in [1.29, 1.82) is 0 Å². The Hall–Kier alpha value is -3.64. The second-order valence-electron chi connectivity index (χ2n) is 6.44. The van der Waals surface area contributed by atoms with Crippen molar-refractivity contribution < 1.29 is 14.3 Å². The second-order valence-corrected chi connectivity index (χ2v) is 6.88. The summed E-state index contributed by atoms with van der Waals surface area (Å²) >= 11 is 5.85. The molecule has 0 saturated heterocycles. The summed E-state index contributed by atoms with van der Waals surface area (Å²) in [5.41, 5.74) is 5.41. The van der Waals surface area contributed by atoms with Gasteiger partial charge < -0.3 is 10.1 Å². The molecule has 30 heavy (non-hydrogen) atoms. The minimum Gasteiger partial charge on any atom is -0.489 e. The highest BCUT2D eigenvalue weighted by atomic mass is 35.5. The zero-order valence-electron chi connectivity index (χ0n) is 16.3. The summed E-state index contributed by atoms with van der Waals surface area (Å²) in [6, 6.07) is 21.3. The molecule has 3 aromatic rings. The largest absolute Gasteiger partial charge is 0.489 e. The minimum atomic E-state index is -0.314. The van der Waals surface area contributed by atoms with Crippen molar-refractivity contribution in [3.05, 3.63) is 94.5 Å². The highest BCUT2D eigenvalue weighted by molar-refractivity contribution is 6.30. The molecule has 0 bridgehead atoms. The summed E-state index contributed by atoms with van der Waals surface area (Å²) in [5.74, 6) is 0.276. The monoisotopic (exact) mass is 421 g/mol. The van der Waals surface area contributed by atoms with Gasteiger partial charge in [-0.25, -0.2) is 5.43 Å². The molecule has 2 N–H and O–H groups in total. The van der Waals surface area contributed by atoms with E-state index in [1.807, 2.05) is 12.1 Å². The molecule has 2 amide bonds. The number of nitrogens with zero attached hydrogens (tertiary/aromatic N) is 1. The number of hydrazone groups is 1. The molecule has 0 heterocycles. The fourth-order valence-corrected chi connectivity index (χ4v) is 2.66. The van der Waals surface area contributed by atoms with Crippen LogP contribution >= 0.6 is 11.6 Å². The molecule has 0 atom stereocenters. The molecule has 0 spiro atoms. The second kappa shape index (κ2) is 10.2. The van der Waals surface area contributed by atoms with Gasteiger partial charge in [-0.3, -0.25) is 9.59 Å². The third-order valence-electron chi connectivity index (χ3n) is 4.05. The Morgan fingerprint density at radius 2 is 1.63 bits per heavy atom. The van der Waals surface area contributed by atoms with Crippen LogP contribution in [0.25, 0.3) is 0 Å². The van der Waals surface area contributed by atoms with Crippen LogP contribution in [-0.4, -0.2) is 18.0 Å². The lowest BCUT2D eigenvalue weighted by Crippen LogP contribution is -2.17. The van der Waals surface area contributed by atoms with Crippen LogP contribution in [0.4, 0.5) is 5.69 Å². The Morgan fingerprint density at radius 1 is 0.967 bits per heavy atom. The van der Waals surface area contributed by atoms with Gasteiger partial charge in [-0.15, -0.1) is 0 Å². The summed E-state index contributed by atoms with van der Waals surface area (Å²) in [6.45, 7) is 1.83. The van der Waals surface area contributed by atoms with E-state index in [1.54, 1.807) is 60.7 Å². The molecule has 3 rings (SSSR count). The SMILES string of the molecule is CC(=O)Nc1ccc(/C=N/NC(=O)c2ccc(COc3ccc(Cl)cc3)cc2)cc1. The van der Waals surface area contributed by atoms with Gasteiger partial charge in [0.1, 0.15) is 12.4 Å². The summed E-state index contributed by atoms with van der Waals surface area (Å²) in [6.07, 6.45) is 1.53. The summed E-state index contributed by atoms with van der Waals surface area (Å²) in [5, 5.41) is 7.31. The quantitative estimate of drug-likeness (QED) is 0.430. The molecule has 0 unspecified atom stereocenters. The van der Waals surface area contributed by atoms with Gasteiger partial charge >= 0.3 is 0 Å². The third kappa shape index (κ3) is 6.46. The number of hydrogen-bond donors (Lipinski definition) is 2. The van der Waals surface area contributed by atoms with Crippen LogP contribution in [0, 0.1) is 0 Å². The Labute approximate surface area is 179 Å². The number of carbonyl (C=O) groups excluding carboxylic acids is 2. The predicted molar refractivity (Wildman–Crippen MR) is 118 cm³/mol. The molecule has 0 aliphatic carbocycles. The molecule has 3 aromatic carbocycles. The van der Waals surface area contributed by atoms with E-state index in [0.29, 0.717) is 22.9 Å². The van der Waals surface area contributed by atoms with Crippen LogP contribution in [0.2, 0.25) is 5.02 Å². The fourth-order valence-electron chi connectivity index (χ4n) is 2.54. The summed E-state index contributed by atoms with van der Waals surface area (Å²) in [4.78, 5) is 23.2. The number of halogens is 1. The smallest absolute Gasteiger partial charge is 0.271 e. The van der Waals surface area contributed by atoms with E-state index in [4.69, 9.17) is 16.3 Å². The number of amides is 2. The van der Waals surface area contributed by atoms with Crippen molar-refractivity contribution >= 4 is 35.3 Å². The first-order chi connectivity index (χ1) is 14.5. The van der Waals surface area contributed by atoms with Crippen molar-refractivity contribution in [1.82, 2.24) is 5.43 Å². The Bertz CT molecular complexity index is 1030. The van der Waals surface area contributed by atoms with E-state index in [-0.39, 0.29) is 11.8 Å². The molecule has 0 aliphatic heterocycles. The lowest BCUT2D eigenvalue weighted by molar-refractivity contribution is -0.114. The summed E-state index contributed by atoms with van der Waals surface area (Å²) in [7, 11) is 0. The van der Waals surface area contributed by atoms with E-state index in [9.17, 15) is 9.59 Å². The lowest BCUT2D eigenvalue weighted by Gasteiger charge is -2.07. The number of benzene rings is 3. The van der Waals surface area contributed by atoms with Crippen LogP contribution in [0.15, 0.2) is 77.9 Å². The summed E-state index contributed by atoms with van der Waals surface area (Å²) < 4.78 is 5.68. The highest BCUT2D eigenvalue weighted by Crippen LogP contribution is 2.17. The standard InChI is InChI=1S/C23H20ClN3O3/c1-16(28)26-21-10-4-17(5-11-21)14-25-27-23(29)19-6-2-18(3-7-19)15-30-22-12-8-20(24)9-13-22/h2-14H,15H2,1H3,(H,26,28)(H,27,29)/b25-14+. The van der Waals surface area contributed by atoms with Crippen molar-refractivity contribution in [2.45, 2.75) is 13.5 Å². The molecule has 0 fully saturated rings. The lowest BCUT2D eigenvalue weighted by atomic mass is 10.1. The third-order valence-corrected chi connectivity index (χ3v) is 4.30. The van der Waals surface area contributed by atoms with E-state index in [2.05, 4.69) is 15.8 Å². The molecule has 0 aliphatic rings. The Balaban J connectivity index is 1.49. The first kappa shape index (κ1) is 21.1. The van der Waals surface area contributed by atoms with E-state index in [0.717, 1.165) is 16.9 Å². The zero-order chi connectivity index (χ0) is 21.3. The van der Waals surface area contributed by atoms with E-state index >= 15 is 0 Å². The number of hydrogen-bond acceptors (Lipinski definition) is 4. The average molecular weight is 422 g/mol. The molecule has 152 valence electrons. The zero-order valence-corrected chi connectivity index (χ0v) is 17.0. The van der Waals surface area contributed by atoms with E-state index < -0.39 is 0 Å². The molecule has 0 saturated carbocycles. The molecule has 0 radical (unpaired) electrons. The fraction of sp³-hybridized carbons (Fsp3) is 0.0870. The Morgan fingerprint density at radius 3 is 2.27 bits per heavy atom. The molecular formula is C23H20ClN3O3. The van der Waals surface area contributed by atoms with Crippen LogP contribution in [-0.2, 0) is 11.4 Å². The van der Waals surface area contributed by atoms with Gasteiger partial charge in [0.15, 0.2) is 0 Å². The van der Waals surface area contributed by atoms with Crippen LogP contribution in [0.1, 0.15) is 28.4 Å². The van der Waals surface area contributed by atoms with Gasteiger partial charge in [-0.1, -0.05) is 35.9 Å². The van der Waals surface area contributed by atoms with Crippen molar-refractivity contribution in [3.8, 4) is 5.75 Å². The molecule has 6 nitrogen and oxygen atoms in total. The van der Waals surface area contributed by atoms with Crippen LogP contribution in [0.3, 0.4) is 0 Å². The number of nitrogens with one attached hydrogen (secondary N) is 2.